The first-order valence-electron chi connectivity index (χ1n) is 6.73. The van der Waals surface area contributed by atoms with Gasteiger partial charge in [-0.1, -0.05) is 24.3 Å². The summed E-state index contributed by atoms with van der Waals surface area (Å²) < 4.78 is 7.55. The van der Waals surface area contributed by atoms with Gasteiger partial charge < -0.3 is 14.4 Å². The highest BCUT2D eigenvalue weighted by atomic mass is 16.5. The van der Waals surface area contributed by atoms with E-state index in [1.807, 2.05) is 12.5 Å². The van der Waals surface area contributed by atoms with Crippen LogP contribution in [0.1, 0.15) is 18.0 Å². The predicted octanol–water partition coefficient (Wildman–Crippen LogP) is 1.85. The Morgan fingerprint density at radius 1 is 1.32 bits per heavy atom. The van der Waals surface area contributed by atoms with Crippen LogP contribution in [0.2, 0.25) is 0 Å². The Bertz CT molecular complexity index is 608. The van der Waals surface area contributed by atoms with Crippen molar-refractivity contribution in [2.24, 2.45) is 5.92 Å². The molecule has 1 aromatic heterocycles. The summed E-state index contributed by atoms with van der Waals surface area (Å²) in [7, 11) is 0. The van der Waals surface area contributed by atoms with E-state index in [0.29, 0.717) is 6.61 Å². The number of hydrogen-bond donors (Lipinski definition) is 1. The van der Waals surface area contributed by atoms with Crippen molar-refractivity contribution in [1.29, 1.82) is 0 Å². The molecule has 3 atom stereocenters. The summed E-state index contributed by atoms with van der Waals surface area (Å²) in [5.41, 5.74) is 3.69. The fourth-order valence-corrected chi connectivity index (χ4v) is 3.42. The molecule has 0 aliphatic carbocycles. The summed E-state index contributed by atoms with van der Waals surface area (Å²) >= 11 is 0. The zero-order valence-corrected chi connectivity index (χ0v) is 10.6. The van der Waals surface area contributed by atoms with Crippen LogP contribution in [0, 0.1) is 5.92 Å². The number of benzene rings is 1. The SMILES string of the molecule is O[C@H]1COCC[C@@H]1C1c2ccccc2-c2cncn21. The maximum absolute atomic E-state index is 10.3. The minimum Gasteiger partial charge on any atom is -0.390 e. The van der Waals surface area contributed by atoms with E-state index >= 15 is 0 Å². The van der Waals surface area contributed by atoms with Gasteiger partial charge in [0.1, 0.15) is 0 Å². The van der Waals surface area contributed by atoms with Crippen LogP contribution in [-0.4, -0.2) is 34.0 Å². The monoisotopic (exact) mass is 256 g/mol. The zero-order valence-electron chi connectivity index (χ0n) is 10.6. The van der Waals surface area contributed by atoms with Crippen molar-refractivity contribution in [2.45, 2.75) is 18.6 Å². The van der Waals surface area contributed by atoms with E-state index in [4.69, 9.17) is 4.74 Å². The van der Waals surface area contributed by atoms with Crippen molar-refractivity contribution in [3.63, 3.8) is 0 Å². The van der Waals surface area contributed by atoms with Gasteiger partial charge in [0, 0.05) is 18.1 Å². The molecule has 2 aromatic rings. The van der Waals surface area contributed by atoms with Crippen LogP contribution in [0.4, 0.5) is 0 Å². The van der Waals surface area contributed by atoms with Crippen LogP contribution >= 0.6 is 0 Å². The lowest BCUT2D eigenvalue weighted by molar-refractivity contribution is -0.0540. The smallest absolute Gasteiger partial charge is 0.0956 e. The predicted molar refractivity (Wildman–Crippen MR) is 70.7 cm³/mol. The molecule has 0 radical (unpaired) electrons. The first-order valence-corrected chi connectivity index (χ1v) is 6.73. The lowest BCUT2D eigenvalue weighted by Gasteiger charge is -2.33. The molecule has 1 saturated heterocycles. The van der Waals surface area contributed by atoms with Crippen LogP contribution in [-0.2, 0) is 4.74 Å². The topological polar surface area (TPSA) is 47.3 Å². The van der Waals surface area contributed by atoms with Gasteiger partial charge >= 0.3 is 0 Å². The van der Waals surface area contributed by atoms with E-state index in [1.165, 1.54) is 11.1 Å². The number of rotatable bonds is 1. The second-order valence-corrected chi connectivity index (χ2v) is 5.31. The van der Waals surface area contributed by atoms with Gasteiger partial charge in [-0.15, -0.1) is 0 Å². The lowest BCUT2D eigenvalue weighted by atomic mass is 9.85. The normalized spacial score (nSPS) is 29.0. The molecule has 4 nitrogen and oxygen atoms in total. The van der Waals surface area contributed by atoms with Crippen molar-refractivity contribution in [3.8, 4) is 11.3 Å². The second kappa shape index (κ2) is 4.18. The molecule has 3 heterocycles. The van der Waals surface area contributed by atoms with E-state index in [9.17, 15) is 5.11 Å². The molecule has 0 bridgehead atoms. The summed E-state index contributed by atoms with van der Waals surface area (Å²) in [6.07, 6.45) is 4.27. The molecule has 1 N–H and O–H groups in total. The van der Waals surface area contributed by atoms with E-state index in [2.05, 4.69) is 33.8 Å². The number of imidazole rings is 1. The van der Waals surface area contributed by atoms with E-state index in [1.54, 1.807) is 0 Å². The molecule has 0 amide bonds. The number of ether oxygens (including phenoxy) is 1. The number of nitrogens with zero attached hydrogens (tertiary/aromatic N) is 2. The van der Waals surface area contributed by atoms with Crippen molar-refractivity contribution < 1.29 is 9.84 Å². The number of aromatic nitrogens is 2. The van der Waals surface area contributed by atoms with Gasteiger partial charge in [-0.25, -0.2) is 4.98 Å². The average molecular weight is 256 g/mol. The fourth-order valence-electron chi connectivity index (χ4n) is 3.42. The molecule has 1 aromatic carbocycles. The quantitative estimate of drug-likeness (QED) is 0.847. The highest BCUT2D eigenvalue weighted by molar-refractivity contribution is 5.69. The highest BCUT2D eigenvalue weighted by Gasteiger charge is 2.38. The number of fused-ring (bicyclic) bond motifs is 3. The molecular weight excluding hydrogens is 240 g/mol. The third-order valence-corrected chi connectivity index (χ3v) is 4.31. The summed E-state index contributed by atoms with van der Waals surface area (Å²) in [4.78, 5) is 4.26. The summed E-state index contributed by atoms with van der Waals surface area (Å²) in [5, 5.41) is 10.3. The van der Waals surface area contributed by atoms with E-state index in [-0.39, 0.29) is 12.0 Å². The third-order valence-electron chi connectivity index (χ3n) is 4.31. The second-order valence-electron chi connectivity index (χ2n) is 5.31. The Labute approximate surface area is 111 Å². The highest BCUT2D eigenvalue weighted by Crippen LogP contribution is 2.45. The molecule has 19 heavy (non-hydrogen) atoms. The van der Waals surface area contributed by atoms with Crippen molar-refractivity contribution in [3.05, 3.63) is 42.4 Å². The van der Waals surface area contributed by atoms with Gasteiger partial charge in [0.05, 0.1) is 37.0 Å². The molecule has 4 rings (SSSR count). The van der Waals surface area contributed by atoms with Crippen LogP contribution in [0.3, 0.4) is 0 Å². The molecular formula is C15H16N2O2. The first-order chi connectivity index (χ1) is 9.36. The minimum absolute atomic E-state index is 0.188. The molecule has 0 spiro atoms. The van der Waals surface area contributed by atoms with Gasteiger partial charge in [-0.05, 0) is 12.0 Å². The van der Waals surface area contributed by atoms with E-state index in [0.717, 1.165) is 18.7 Å². The first kappa shape index (κ1) is 11.2. The summed E-state index contributed by atoms with van der Waals surface area (Å²) in [5.74, 6) is 0.199. The van der Waals surface area contributed by atoms with Crippen molar-refractivity contribution in [1.82, 2.24) is 9.55 Å². The molecule has 1 unspecified atom stereocenters. The Morgan fingerprint density at radius 3 is 3.11 bits per heavy atom. The lowest BCUT2D eigenvalue weighted by Crippen LogP contribution is -2.37. The largest absolute Gasteiger partial charge is 0.390 e. The zero-order chi connectivity index (χ0) is 12.8. The maximum Gasteiger partial charge on any atom is 0.0956 e. The third kappa shape index (κ3) is 1.57. The van der Waals surface area contributed by atoms with Gasteiger partial charge in [0.15, 0.2) is 0 Å². The van der Waals surface area contributed by atoms with Crippen LogP contribution in [0.5, 0.6) is 0 Å². The molecule has 1 fully saturated rings. The van der Waals surface area contributed by atoms with Gasteiger partial charge in [-0.3, -0.25) is 0 Å². The summed E-state index contributed by atoms with van der Waals surface area (Å²) in [6.45, 7) is 1.16. The van der Waals surface area contributed by atoms with Gasteiger partial charge in [0.2, 0.25) is 0 Å². The van der Waals surface area contributed by atoms with Gasteiger partial charge in [0.25, 0.3) is 0 Å². The standard InChI is InChI=1S/C15H16N2O2/c18-14-8-19-6-5-12(14)15-11-4-2-1-3-10(11)13-7-16-9-17(13)15/h1-4,7,9,12,14-15,18H,5-6,8H2/t12-,14-,15?/m0/s1. The van der Waals surface area contributed by atoms with Crippen LogP contribution in [0.25, 0.3) is 11.3 Å². The number of aliphatic hydroxyl groups is 1. The fraction of sp³-hybridized carbons (Fsp3) is 0.400. The Balaban J connectivity index is 1.84. The van der Waals surface area contributed by atoms with Crippen molar-refractivity contribution in [2.75, 3.05) is 13.2 Å². The van der Waals surface area contributed by atoms with E-state index < -0.39 is 6.10 Å². The Kier molecular flexibility index (Phi) is 2.47. The molecule has 2 aliphatic rings. The summed E-state index contributed by atoms with van der Waals surface area (Å²) in [6, 6.07) is 8.60. The maximum atomic E-state index is 10.3. The molecule has 2 aliphatic heterocycles. The van der Waals surface area contributed by atoms with Crippen molar-refractivity contribution >= 4 is 0 Å². The van der Waals surface area contributed by atoms with Crippen LogP contribution in [0.15, 0.2) is 36.8 Å². The molecule has 0 saturated carbocycles. The number of aliphatic hydroxyl groups excluding tert-OH is 1. The van der Waals surface area contributed by atoms with Gasteiger partial charge in [-0.2, -0.15) is 0 Å². The Morgan fingerprint density at radius 2 is 2.21 bits per heavy atom. The van der Waals surface area contributed by atoms with Crippen LogP contribution < -0.4 is 0 Å². The molecule has 98 valence electrons. The average Bonchev–Trinajstić information content (AvgIpc) is 3.00. The minimum atomic E-state index is -0.403. The Hall–Kier alpha value is -1.65. The molecule has 4 heteroatoms. The number of hydrogen-bond acceptors (Lipinski definition) is 3.